The number of nitrogens with zero attached hydrogens (tertiary/aromatic N) is 2. The standard InChI is InChI=1S/C49H70N2O7/c1-31(2)34-17-22-49(42(55)51-27-25-50(26-28-51)39(53)16-13-32-11-10-12-33(52)29-32)24-23-47(8)35(41(34)49)14-15-37-46(7)20-19-38(58-40(54)30-44(3,4)43(56)57)45(5,6)36(46)18-21-48(37,47)9/h10-13,16,29,34-38,41,52H,1,14-15,17-28,30H2,2-9H3,(H,56,57)/b16-13+/t34-,35+,36-,37+,38-,41+,46-,47+,48+,49-/m0/s1. The number of amides is 2. The Morgan fingerprint density at radius 2 is 1.55 bits per heavy atom. The zero-order valence-electron chi connectivity index (χ0n) is 36.6. The molecule has 2 N–H and O–H groups in total. The normalized spacial score (nSPS) is 38.2. The van der Waals surface area contributed by atoms with Gasteiger partial charge in [0.05, 0.1) is 17.3 Å². The van der Waals surface area contributed by atoms with Crippen molar-refractivity contribution in [2.75, 3.05) is 26.2 Å². The Hall–Kier alpha value is -3.62. The Balaban J connectivity index is 1.08. The van der Waals surface area contributed by atoms with E-state index in [9.17, 15) is 24.6 Å². The molecule has 0 bridgehead atoms. The van der Waals surface area contributed by atoms with Gasteiger partial charge in [-0.2, -0.15) is 0 Å². The summed E-state index contributed by atoms with van der Waals surface area (Å²) in [6, 6.07) is 6.85. The molecule has 6 aliphatic rings. The number of fused-ring (bicyclic) bond motifs is 7. The number of hydrogen-bond acceptors (Lipinski definition) is 6. The molecule has 9 heteroatoms. The summed E-state index contributed by atoms with van der Waals surface area (Å²) in [5.74, 6) is 0.875. The van der Waals surface area contributed by atoms with Crippen LogP contribution in [0.15, 0.2) is 42.5 Å². The first-order valence-electron chi connectivity index (χ1n) is 22.2. The van der Waals surface area contributed by atoms with Crippen molar-refractivity contribution in [2.45, 2.75) is 132 Å². The Bertz CT molecular complexity index is 1860. The van der Waals surface area contributed by atoms with Crippen LogP contribution in [-0.4, -0.2) is 76.0 Å². The van der Waals surface area contributed by atoms with Crippen molar-refractivity contribution in [3.63, 3.8) is 0 Å². The highest BCUT2D eigenvalue weighted by molar-refractivity contribution is 5.92. The number of rotatable bonds is 8. The van der Waals surface area contributed by atoms with Crippen molar-refractivity contribution in [3.8, 4) is 5.75 Å². The number of phenolic OH excluding ortho intramolecular Hbond substituents is 1. The summed E-state index contributed by atoms with van der Waals surface area (Å²) in [4.78, 5) is 57.1. The predicted octanol–water partition coefficient (Wildman–Crippen LogP) is 9.15. The maximum absolute atomic E-state index is 15.1. The van der Waals surface area contributed by atoms with Gasteiger partial charge >= 0.3 is 11.9 Å². The van der Waals surface area contributed by atoms with Gasteiger partial charge in [-0.25, -0.2) is 0 Å². The molecule has 318 valence electrons. The van der Waals surface area contributed by atoms with Crippen molar-refractivity contribution in [2.24, 2.45) is 62.1 Å². The van der Waals surface area contributed by atoms with Crippen molar-refractivity contribution < 1.29 is 34.1 Å². The molecule has 9 nitrogen and oxygen atoms in total. The second-order valence-corrected chi connectivity index (χ2v) is 21.6. The van der Waals surface area contributed by atoms with Crippen LogP contribution >= 0.6 is 0 Å². The van der Waals surface area contributed by atoms with Crippen molar-refractivity contribution in [1.29, 1.82) is 0 Å². The molecule has 0 aromatic heterocycles. The van der Waals surface area contributed by atoms with E-state index in [1.165, 1.54) is 5.57 Å². The number of aliphatic carboxylic acids is 1. The van der Waals surface area contributed by atoms with Crippen LogP contribution < -0.4 is 0 Å². The maximum Gasteiger partial charge on any atom is 0.309 e. The van der Waals surface area contributed by atoms with Crippen LogP contribution in [0.5, 0.6) is 5.75 Å². The van der Waals surface area contributed by atoms with Gasteiger partial charge in [0.25, 0.3) is 0 Å². The highest BCUT2D eigenvalue weighted by atomic mass is 16.5. The first-order valence-corrected chi connectivity index (χ1v) is 22.2. The summed E-state index contributed by atoms with van der Waals surface area (Å²) in [6.45, 7) is 24.3. The fourth-order valence-electron chi connectivity index (χ4n) is 14.7. The smallest absolute Gasteiger partial charge is 0.309 e. The lowest BCUT2D eigenvalue weighted by atomic mass is 9.32. The summed E-state index contributed by atoms with van der Waals surface area (Å²) >= 11 is 0. The number of carboxylic acids is 1. The summed E-state index contributed by atoms with van der Waals surface area (Å²) in [7, 11) is 0. The van der Waals surface area contributed by atoms with Gasteiger partial charge in [0.1, 0.15) is 11.9 Å². The quantitative estimate of drug-likeness (QED) is 0.153. The van der Waals surface area contributed by atoms with Crippen molar-refractivity contribution in [3.05, 3.63) is 48.1 Å². The second kappa shape index (κ2) is 14.8. The SMILES string of the molecule is C=C(C)[C@@H]1CC[C@]2(C(=O)N3CCN(C(=O)/C=C/c4cccc(O)c4)CC3)CC[C@]3(C)[C@H](CC[C@@H]4[C@@]5(C)CC[C@H](OC(=O)CC(C)(C)C(=O)O)C(C)(C)[C@@H]5CC[C@]43C)[C@@H]12. The largest absolute Gasteiger partial charge is 0.508 e. The molecule has 7 rings (SSSR count). The van der Waals surface area contributed by atoms with Gasteiger partial charge in [-0.05, 0) is 155 Å². The third-order valence-electron chi connectivity index (χ3n) is 18.0. The Morgan fingerprint density at radius 3 is 2.21 bits per heavy atom. The third-order valence-corrected chi connectivity index (χ3v) is 18.0. The molecule has 1 aromatic rings. The Kier molecular flexibility index (Phi) is 10.9. The zero-order valence-corrected chi connectivity index (χ0v) is 36.6. The monoisotopic (exact) mass is 799 g/mol. The van der Waals surface area contributed by atoms with Gasteiger partial charge < -0.3 is 24.7 Å². The van der Waals surface area contributed by atoms with Crippen LogP contribution in [0.3, 0.4) is 0 Å². The van der Waals surface area contributed by atoms with Crippen molar-refractivity contribution >= 4 is 29.8 Å². The molecule has 1 saturated heterocycles. The Morgan fingerprint density at radius 1 is 0.862 bits per heavy atom. The van der Waals surface area contributed by atoms with Crippen LogP contribution in [-0.2, 0) is 23.9 Å². The Labute approximate surface area is 347 Å². The molecule has 5 aliphatic carbocycles. The molecular weight excluding hydrogens is 729 g/mol. The van der Waals surface area contributed by atoms with Gasteiger partial charge in [0.15, 0.2) is 0 Å². The van der Waals surface area contributed by atoms with Crippen LogP contribution in [0.2, 0.25) is 0 Å². The molecule has 0 unspecified atom stereocenters. The topological polar surface area (TPSA) is 124 Å². The van der Waals surface area contributed by atoms with E-state index in [1.807, 2.05) is 11.0 Å². The van der Waals surface area contributed by atoms with E-state index in [0.29, 0.717) is 55.8 Å². The van der Waals surface area contributed by atoms with E-state index in [-0.39, 0.29) is 51.8 Å². The minimum atomic E-state index is -1.17. The van der Waals surface area contributed by atoms with Crippen LogP contribution in [0.1, 0.15) is 132 Å². The number of allylic oxidation sites excluding steroid dienone is 1. The minimum absolute atomic E-state index is 0.0687. The van der Waals surface area contributed by atoms with E-state index in [0.717, 1.165) is 69.8 Å². The van der Waals surface area contributed by atoms with Crippen LogP contribution in [0.25, 0.3) is 6.08 Å². The number of carbonyl (C=O) groups excluding carboxylic acids is 3. The molecule has 1 aromatic carbocycles. The summed E-state index contributed by atoms with van der Waals surface area (Å²) in [5, 5.41) is 19.4. The number of phenols is 1. The fraction of sp³-hybridized carbons (Fsp3) is 0.714. The molecule has 5 saturated carbocycles. The minimum Gasteiger partial charge on any atom is -0.508 e. The third kappa shape index (κ3) is 6.73. The lowest BCUT2D eigenvalue weighted by molar-refractivity contribution is -0.250. The number of esters is 1. The molecule has 1 heterocycles. The molecule has 1 aliphatic heterocycles. The van der Waals surface area contributed by atoms with E-state index in [4.69, 9.17) is 4.74 Å². The van der Waals surface area contributed by atoms with E-state index in [1.54, 1.807) is 44.2 Å². The summed E-state index contributed by atoms with van der Waals surface area (Å²) < 4.78 is 6.19. The number of carboxylic acid groups (broad SMARTS) is 1. The zero-order chi connectivity index (χ0) is 42.2. The number of hydrogen-bond donors (Lipinski definition) is 2. The number of piperazine rings is 1. The molecule has 2 amide bonds. The molecule has 0 spiro atoms. The lowest BCUT2D eigenvalue weighted by Crippen LogP contribution is -2.68. The van der Waals surface area contributed by atoms with E-state index < -0.39 is 22.8 Å². The highest BCUT2D eigenvalue weighted by Gasteiger charge is 2.72. The number of aromatic hydroxyl groups is 1. The van der Waals surface area contributed by atoms with Crippen LogP contribution in [0, 0.1) is 62.1 Å². The fourth-order valence-corrected chi connectivity index (χ4v) is 14.7. The molecule has 0 radical (unpaired) electrons. The first kappa shape index (κ1) is 42.5. The molecule has 6 fully saturated rings. The van der Waals surface area contributed by atoms with Crippen molar-refractivity contribution in [1.82, 2.24) is 9.80 Å². The first-order chi connectivity index (χ1) is 27.1. The van der Waals surface area contributed by atoms with Gasteiger partial charge in [-0.1, -0.05) is 58.9 Å². The van der Waals surface area contributed by atoms with E-state index >= 15 is 4.79 Å². The second-order valence-electron chi connectivity index (χ2n) is 21.6. The molecule has 58 heavy (non-hydrogen) atoms. The van der Waals surface area contributed by atoms with Gasteiger partial charge in [0.2, 0.25) is 11.8 Å². The number of ether oxygens (including phenoxy) is 1. The number of carbonyl (C=O) groups is 4. The van der Waals surface area contributed by atoms with E-state index in [2.05, 4.69) is 53.0 Å². The summed E-state index contributed by atoms with van der Waals surface area (Å²) in [6.07, 6.45) is 13.0. The lowest BCUT2D eigenvalue weighted by Gasteiger charge is -2.73. The van der Waals surface area contributed by atoms with Crippen LogP contribution in [0.4, 0.5) is 0 Å². The highest BCUT2D eigenvalue weighted by Crippen LogP contribution is 2.77. The number of benzene rings is 1. The maximum atomic E-state index is 15.1. The average molecular weight is 799 g/mol. The van der Waals surface area contributed by atoms with Gasteiger partial charge in [0, 0.05) is 37.7 Å². The average Bonchev–Trinajstić information content (AvgIpc) is 3.56. The van der Waals surface area contributed by atoms with Gasteiger partial charge in [-0.3, -0.25) is 19.2 Å². The molecular formula is C49H70N2O7. The summed E-state index contributed by atoms with van der Waals surface area (Å²) in [5.41, 5.74) is 0.415. The predicted molar refractivity (Wildman–Crippen MR) is 225 cm³/mol. The van der Waals surface area contributed by atoms with Gasteiger partial charge in [-0.15, -0.1) is 0 Å². The molecule has 10 atom stereocenters.